The molecular formula is C23H45NO3S3. The molecule has 30 heavy (non-hydrogen) atoms. The topological polar surface area (TPSA) is 61.5 Å². The predicted molar refractivity (Wildman–Crippen MR) is 138 cm³/mol. The number of carbonyl (C=O) groups is 1. The highest BCUT2D eigenvalue weighted by molar-refractivity contribution is 8.47. The normalized spacial score (nSPS) is 11.6. The third-order valence-electron chi connectivity index (χ3n) is 4.94. The molecule has 0 spiro atoms. The van der Waals surface area contributed by atoms with Crippen LogP contribution in [-0.2, 0) is 14.4 Å². The fraction of sp³-hybridized carbons (Fsp3) is 0.913. The monoisotopic (exact) mass is 479 g/mol. The summed E-state index contributed by atoms with van der Waals surface area (Å²) in [5.41, 5.74) is 0. The van der Waals surface area contributed by atoms with Gasteiger partial charge in [0.25, 0.3) is 0 Å². The van der Waals surface area contributed by atoms with Crippen LogP contribution in [0.3, 0.4) is 0 Å². The number of nitrogens with two attached hydrogens (primary N) is 1. The van der Waals surface area contributed by atoms with Gasteiger partial charge in [0, 0.05) is 0 Å². The molecule has 0 saturated carbocycles. The predicted octanol–water partition coefficient (Wildman–Crippen LogP) is 7.43. The number of thioether (sulfide) groups is 2. The Morgan fingerprint density at radius 2 is 1.33 bits per heavy atom. The molecule has 0 atom stereocenters. The van der Waals surface area contributed by atoms with E-state index in [1.54, 1.807) is 11.8 Å². The first kappa shape index (κ1) is 30.2. The molecule has 0 aromatic rings. The van der Waals surface area contributed by atoms with E-state index in [0.29, 0.717) is 13.2 Å². The lowest BCUT2D eigenvalue weighted by Gasteiger charge is -2.22. The molecule has 0 amide bonds. The minimum Gasteiger partial charge on any atom is -0.465 e. The minimum atomic E-state index is -0.630. The van der Waals surface area contributed by atoms with E-state index in [1.165, 1.54) is 76.0 Å². The van der Waals surface area contributed by atoms with Crippen molar-refractivity contribution in [2.24, 2.45) is 5.90 Å². The summed E-state index contributed by atoms with van der Waals surface area (Å²) in [6.45, 7) is 7.10. The summed E-state index contributed by atoms with van der Waals surface area (Å²) in [5.74, 6) is 5.85. The van der Waals surface area contributed by atoms with Gasteiger partial charge in [-0.1, -0.05) is 95.1 Å². The summed E-state index contributed by atoms with van der Waals surface area (Å²) in [6, 6.07) is 0. The highest BCUT2D eigenvalue weighted by atomic mass is 32.2. The first-order valence-corrected chi connectivity index (χ1v) is 14.0. The molecule has 0 bridgehead atoms. The van der Waals surface area contributed by atoms with Crippen molar-refractivity contribution in [2.45, 2.75) is 115 Å². The Kier molecular flexibility index (Phi) is 21.2. The lowest BCUT2D eigenvalue weighted by atomic mass is 10.1. The third-order valence-corrected chi connectivity index (χ3v) is 7.72. The Morgan fingerprint density at radius 1 is 0.833 bits per heavy atom. The van der Waals surface area contributed by atoms with Gasteiger partial charge in [0.15, 0.2) is 0 Å². The molecule has 0 saturated heterocycles. The molecule has 0 aliphatic heterocycles. The minimum absolute atomic E-state index is 0.181. The van der Waals surface area contributed by atoms with Gasteiger partial charge in [0.2, 0.25) is 0 Å². The Morgan fingerprint density at radius 3 is 1.90 bits per heavy atom. The van der Waals surface area contributed by atoms with Crippen LogP contribution in [0, 0.1) is 0 Å². The van der Waals surface area contributed by atoms with E-state index in [-0.39, 0.29) is 5.97 Å². The molecule has 0 unspecified atom stereocenters. The van der Waals surface area contributed by atoms with Gasteiger partial charge in [0.1, 0.15) is 8.28 Å². The first-order chi connectivity index (χ1) is 14.4. The maximum absolute atomic E-state index is 12.3. The second-order valence-electron chi connectivity index (χ2n) is 8.31. The van der Waals surface area contributed by atoms with Crippen molar-refractivity contribution in [2.75, 3.05) is 19.0 Å². The summed E-state index contributed by atoms with van der Waals surface area (Å²) in [5, 5.41) is 0. The number of esters is 1. The molecule has 4 nitrogen and oxygen atoms in total. The summed E-state index contributed by atoms with van der Waals surface area (Å²) in [6.07, 6.45) is 17.3. The van der Waals surface area contributed by atoms with Crippen molar-refractivity contribution in [1.82, 2.24) is 0 Å². The van der Waals surface area contributed by atoms with Crippen LogP contribution in [0.1, 0.15) is 111 Å². The van der Waals surface area contributed by atoms with E-state index >= 15 is 0 Å². The van der Waals surface area contributed by atoms with Crippen LogP contribution >= 0.6 is 35.7 Å². The van der Waals surface area contributed by atoms with E-state index < -0.39 is 4.75 Å². The lowest BCUT2D eigenvalue weighted by Crippen LogP contribution is -2.31. The number of carbonyl (C=O) groups excluding carboxylic acids is 1. The third kappa shape index (κ3) is 18.9. The molecule has 0 aromatic carbocycles. The van der Waals surface area contributed by atoms with E-state index in [4.69, 9.17) is 22.9 Å². The zero-order chi connectivity index (χ0) is 22.5. The number of rotatable bonds is 20. The van der Waals surface area contributed by atoms with E-state index in [1.807, 2.05) is 13.8 Å². The Hall–Kier alpha value is 0.180. The maximum Gasteiger partial charge on any atom is 0.322 e. The summed E-state index contributed by atoms with van der Waals surface area (Å²) in [4.78, 5) is 16.9. The van der Waals surface area contributed by atoms with Gasteiger partial charge in [-0.25, -0.2) is 5.90 Å². The van der Waals surface area contributed by atoms with Gasteiger partial charge in [-0.3, -0.25) is 4.79 Å². The number of hydrogen-bond acceptors (Lipinski definition) is 7. The van der Waals surface area contributed by atoms with Gasteiger partial charge < -0.3 is 9.57 Å². The fourth-order valence-electron chi connectivity index (χ4n) is 3.00. The standard InChI is InChI=1S/C23H45NO3S3/c1-4-5-6-7-8-9-10-11-14-17-20-29-22(28)30-23(2,3)21(25)26-18-15-12-13-16-19-27-24/h4-20,24H2,1-3H3. The van der Waals surface area contributed by atoms with Gasteiger partial charge >= 0.3 is 5.97 Å². The first-order valence-electron chi connectivity index (χ1n) is 11.8. The lowest BCUT2D eigenvalue weighted by molar-refractivity contribution is -0.145. The molecule has 0 radical (unpaired) electrons. The molecule has 0 aliphatic rings. The van der Waals surface area contributed by atoms with Crippen molar-refractivity contribution in [3.63, 3.8) is 0 Å². The second-order valence-corrected chi connectivity index (χ2v) is 12.2. The van der Waals surface area contributed by atoms with Gasteiger partial charge in [-0.05, 0) is 45.3 Å². The van der Waals surface area contributed by atoms with Gasteiger partial charge in [-0.15, -0.1) is 11.8 Å². The second kappa shape index (κ2) is 21.0. The quantitative estimate of drug-likeness (QED) is 0.0842. The summed E-state index contributed by atoms with van der Waals surface area (Å²) < 4.78 is 5.65. The van der Waals surface area contributed by atoms with Crippen molar-refractivity contribution in [3.05, 3.63) is 0 Å². The number of ether oxygens (including phenoxy) is 1. The molecule has 2 N–H and O–H groups in total. The number of thiocarbonyl (C=S) groups is 1. The highest BCUT2D eigenvalue weighted by Crippen LogP contribution is 2.32. The van der Waals surface area contributed by atoms with Crippen LogP contribution in [0.2, 0.25) is 0 Å². The maximum atomic E-state index is 12.3. The zero-order valence-electron chi connectivity index (χ0n) is 19.5. The van der Waals surface area contributed by atoms with Crippen LogP contribution in [0.15, 0.2) is 0 Å². The van der Waals surface area contributed by atoms with Crippen LogP contribution in [-0.4, -0.2) is 33.2 Å². The summed E-state index contributed by atoms with van der Waals surface area (Å²) in [7, 11) is 0. The van der Waals surface area contributed by atoms with Crippen molar-refractivity contribution in [3.8, 4) is 0 Å². The smallest absolute Gasteiger partial charge is 0.322 e. The number of hydrogen-bond donors (Lipinski definition) is 1. The molecular weight excluding hydrogens is 434 g/mol. The molecule has 0 aliphatic carbocycles. The Balaban J connectivity index is 3.67. The van der Waals surface area contributed by atoms with Crippen molar-refractivity contribution >= 4 is 45.2 Å². The molecule has 0 aromatic heterocycles. The highest BCUT2D eigenvalue weighted by Gasteiger charge is 2.31. The fourth-order valence-corrected chi connectivity index (χ4v) is 6.06. The van der Waals surface area contributed by atoms with Crippen LogP contribution in [0.25, 0.3) is 0 Å². The van der Waals surface area contributed by atoms with Gasteiger partial charge in [-0.2, -0.15) is 0 Å². The molecule has 7 heteroatoms. The average molecular weight is 480 g/mol. The van der Waals surface area contributed by atoms with E-state index in [9.17, 15) is 4.79 Å². The summed E-state index contributed by atoms with van der Waals surface area (Å²) >= 11 is 8.64. The van der Waals surface area contributed by atoms with Crippen molar-refractivity contribution in [1.29, 1.82) is 0 Å². The van der Waals surface area contributed by atoms with Gasteiger partial charge in [0.05, 0.1) is 13.2 Å². The molecule has 178 valence electrons. The number of unbranched alkanes of at least 4 members (excludes halogenated alkanes) is 12. The average Bonchev–Trinajstić information content (AvgIpc) is 2.70. The van der Waals surface area contributed by atoms with Crippen LogP contribution < -0.4 is 5.90 Å². The Labute approximate surface area is 199 Å². The SMILES string of the molecule is CCCCCCCCCCCCSC(=S)SC(C)(C)C(=O)OCCCCCCON. The van der Waals surface area contributed by atoms with E-state index in [0.717, 1.165) is 35.0 Å². The van der Waals surface area contributed by atoms with E-state index in [2.05, 4.69) is 11.8 Å². The van der Waals surface area contributed by atoms with Crippen molar-refractivity contribution < 1.29 is 14.4 Å². The molecule has 0 heterocycles. The van der Waals surface area contributed by atoms with Crippen LogP contribution in [0.5, 0.6) is 0 Å². The largest absolute Gasteiger partial charge is 0.465 e. The molecule has 0 rings (SSSR count). The zero-order valence-corrected chi connectivity index (χ0v) is 22.0. The molecule has 0 fully saturated rings. The van der Waals surface area contributed by atoms with Crippen LogP contribution in [0.4, 0.5) is 0 Å². The Bertz CT molecular complexity index is 434.